The van der Waals surface area contributed by atoms with Crippen LogP contribution in [-0.2, 0) is 13.6 Å². The summed E-state index contributed by atoms with van der Waals surface area (Å²) in [6.07, 6.45) is 0. The van der Waals surface area contributed by atoms with E-state index in [1.165, 1.54) is 0 Å². The number of rotatable bonds is 11. The molecule has 2 aromatic rings. The molecule has 0 unspecified atom stereocenters. The molecule has 0 fully saturated rings. The molecule has 0 bridgehead atoms. The molecule has 0 saturated carbocycles. The normalized spacial score (nSPS) is 13.6. The predicted molar refractivity (Wildman–Crippen MR) is 106 cm³/mol. The molecule has 0 aliphatic carbocycles. The fourth-order valence-electron chi connectivity index (χ4n) is 3.13. The highest BCUT2D eigenvalue weighted by molar-refractivity contribution is 7.56. The number of Topliss-reactive ketones (excluding diaryl/α,β-unsaturated/α-hetero) is 1. The van der Waals surface area contributed by atoms with Crippen LogP contribution in [0, 0.1) is 10.1 Å². The SMILES string of the molecule is CCOP(=O)(OCC)[C@@H](C(=O)c1ccccc1)[C@@H](C[N+](=O)[O-])c1ccccc1. The largest absolute Gasteiger partial charge is 0.342 e. The van der Waals surface area contributed by atoms with Crippen molar-refractivity contribution < 1.29 is 23.3 Å². The maximum Gasteiger partial charge on any atom is 0.342 e. The van der Waals surface area contributed by atoms with Crippen LogP contribution >= 0.6 is 7.60 Å². The molecule has 2 rings (SSSR count). The first kappa shape index (κ1) is 22.0. The van der Waals surface area contributed by atoms with Crippen LogP contribution in [0.15, 0.2) is 60.7 Å². The lowest BCUT2D eigenvalue weighted by Gasteiger charge is -2.30. The van der Waals surface area contributed by atoms with Crippen LogP contribution < -0.4 is 0 Å². The zero-order valence-electron chi connectivity index (χ0n) is 15.9. The van der Waals surface area contributed by atoms with Gasteiger partial charge in [-0.05, 0) is 19.4 Å². The van der Waals surface area contributed by atoms with Gasteiger partial charge in [-0.25, -0.2) is 0 Å². The van der Waals surface area contributed by atoms with Crippen LogP contribution in [-0.4, -0.2) is 36.1 Å². The first-order valence-corrected chi connectivity index (χ1v) is 10.7. The fraction of sp³-hybridized carbons (Fsp3) is 0.350. The van der Waals surface area contributed by atoms with Crippen LogP contribution in [0.25, 0.3) is 0 Å². The smallest absolute Gasteiger partial charge is 0.308 e. The molecule has 7 nitrogen and oxygen atoms in total. The van der Waals surface area contributed by atoms with Crippen molar-refractivity contribution in [3.8, 4) is 0 Å². The minimum absolute atomic E-state index is 0.0514. The lowest BCUT2D eigenvalue weighted by molar-refractivity contribution is -0.483. The van der Waals surface area contributed by atoms with Gasteiger partial charge in [0.05, 0.1) is 19.1 Å². The summed E-state index contributed by atoms with van der Waals surface area (Å²) in [6, 6.07) is 16.9. The molecule has 0 saturated heterocycles. The third kappa shape index (κ3) is 5.35. The average molecular weight is 405 g/mol. The average Bonchev–Trinajstić information content (AvgIpc) is 2.68. The van der Waals surface area contributed by atoms with Crippen LogP contribution in [0.1, 0.15) is 35.7 Å². The van der Waals surface area contributed by atoms with Crippen molar-refractivity contribution in [3.05, 3.63) is 81.9 Å². The van der Waals surface area contributed by atoms with Gasteiger partial charge in [-0.2, -0.15) is 0 Å². The Bertz CT molecular complexity index is 817. The summed E-state index contributed by atoms with van der Waals surface area (Å²) in [5.74, 6) is -1.46. The third-order valence-corrected chi connectivity index (χ3v) is 6.75. The van der Waals surface area contributed by atoms with E-state index in [9.17, 15) is 19.5 Å². The van der Waals surface area contributed by atoms with Gasteiger partial charge in [-0.3, -0.25) is 19.5 Å². The molecule has 0 N–H and O–H groups in total. The Labute approximate surface area is 164 Å². The van der Waals surface area contributed by atoms with Crippen LogP contribution in [0.2, 0.25) is 0 Å². The highest BCUT2D eigenvalue weighted by atomic mass is 31.2. The van der Waals surface area contributed by atoms with Gasteiger partial charge in [0.15, 0.2) is 5.78 Å². The Morgan fingerprint density at radius 1 is 1.00 bits per heavy atom. The van der Waals surface area contributed by atoms with Crippen molar-refractivity contribution in [1.82, 2.24) is 0 Å². The molecule has 0 amide bonds. The summed E-state index contributed by atoms with van der Waals surface area (Å²) in [4.78, 5) is 24.3. The lowest BCUT2D eigenvalue weighted by Crippen LogP contribution is -2.34. The van der Waals surface area contributed by atoms with E-state index in [1.54, 1.807) is 74.5 Å². The standard InChI is InChI=1S/C20H24NO6P/c1-3-26-28(25,27-4-2)20(19(22)17-13-9-6-10-14-17)18(15-21(23)24)16-11-7-5-8-12-16/h5-14,18,20H,3-4,15H2,1-2H3/t18-,20+/m0/s1. The summed E-state index contributed by atoms with van der Waals surface area (Å²) >= 11 is 0. The predicted octanol–water partition coefficient (Wildman–Crippen LogP) is 4.56. The van der Waals surface area contributed by atoms with E-state index in [0.717, 1.165) is 0 Å². The van der Waals surface area contributed by atoms with Gasteiger partial charge in [-0.1, -0.05) is 60.7 Å². The maximum atomic E-state index is 13.6. The van der Waals surface area contributed by atoms with Gasteiger partial charge in [0, 0.05) is 10.5 Å². The van der Waals surface area contributed by atoms with E-state index in [1.807, 2.05) is 0 Å². The number of hydrogen-bond donors (Lipinski definition) is 0. The van der Waals surface area contributed by atoms with Crippen molar-refractivity contribution in [1.29, 1.82) is 0 Å². The van der Waals surface area contributed by atoms with Gasteiger partial charge in [0.25, 0.3) is 0 Å². The van der Waals surface area contributed by atoms with E-state index in [0.29, 0.717) is 11.1 Å². The molecule has 2 aromatic carbocycles. The minimum atomic E-state index is -3.98. The Morgan fingerprint density at radius 3 is 1.96 bits per heavy atom. The Kier molecular flexibility index (Phi) is 8.05. The van der Waals surface area contributed by atoms with Gasteiger partial charge in [-0.15, -0.1) is 0 Å². The number of ketones is 1. The topological polar surface area (TPSA) is 95.7 Å². The molecule has 8 heteroatoms. The summed E-state index contributed by atoms with van der Waals surface area (Å²) in [5.41, 5.74) is -0.493. The lowest BCUT2D eigenvalue weighted by atomic mass is 9.91. The molecule has 2 atom stereocenters. The van der Waals surface area contributed by atoms with Gasteiger partial charge in [0.1, 0.15) is 5.66 Å². The summed E-state index contributed by atoms with van der Waals surface area (Å²) < 4.78 is 24.5. The Morgan fingerprint density at radius 2 is 1.50 bits per heavy atom. The summed E-state index contributed by atoms with van der Waals surface area (Å²) in [7, 11) is -3.98. The van der Waals surface area contributed by atoms with Crippen molar-refractivity contribution in [3.63, 3.8) is 0 Å². The Balaban J connectivity index is 2.64. The van der Waals surface area contributed by atoms with E-state index >= 15 is 0 Å². The number of carbonyl (C=O) groups is 1. The maximum absolute atomic E-state index is 13.6. The number of hydrogen-bond acceptors (Lipinski definition) is 6. The monoisotopic (exact) mass is 405 g/mol. The molecule has 0 heterocycles. The summed E-state index contributed by atoms with van der Waals surface area (Å²) in [6.45, 7) is 2.81. The molecule has 0 aromatic heterocycles. The molecular weight excluding hydrogens is 381 g/mol. The number of benzene rings is 2. The van der Waals surface area contributed by atoms with Gasteiger partial charge < -0.3 is 9.05 Å². The van der Waals surface area contributed by atoms with E-state index in [4.69, 9.17) is 9.05 Å². The highest BCUT2D eigenvalue weighted by Gasteiger charge is 2.48. The van der Waals surface area contributed by atoms with E-state index < -0.39 is 36.4 Å². The molecule has 0 aliphatic rings. The van der Waals surface area contributed by atoms with Gasteiger partial charge in [0.2, 0.25) is 6.54 Å². The van der Waals surface area contributed by atoms with Crippen LogP contribution in [0.4, 0.5) is 0 Å². The van der Waals surface area contributed by atoms with Crippen LogP contribution in [0.3, 0.4) is 0 Å². The first-order valence-electron chi connectivity index (χ1n) is 9.07. The first-order chi connectivity index (χ1) is 13.4. The second-order valence-electron chi connectivity index (χ2n) is 6.08. The van der Waals surface area contributed by atoms with Crippen LogP contribution in [0.5, 0.6) is 0 Å². The second-order valence-corrected chi connectivity index (χ2v) is 8.24. The molecule has 0 spiro atoms. The molecule has 28 heavy (non-hydrogen) atoms. The number of nitrogens with zero attached hydrogens (tertiary/aromatic N) is 1. The second kappa shape index (κ2) is 10.3. The minimum Gasteiger partial charge on any atom is -0.308 e. The fourth-order valence-corrected chi connectivity index (χ4v) is 5.39. The van der Waals surface area contributed by atoms with Crippen molar-refractivity contribution in [2.45, 2.75) is 25.4 Å². The van der Waals surface area contributed by atoms with E-state index in [-0.39, 0.29) is 13.2 Å². The molecular formula is C20H24NO6P. The van der Waals surface area contributed by atoms with Crippen molar-refractivity contribution in [2.75, 3.05) is 19.8 Å². The van der Waals surface area contributed by atoms with E-state index in [2.05, 4.69) is 0 Å². The number of carbonyl (C=O) groups excluding carboxylic acids is 1. The molecule has 0 radical (unpaired) electrons. The zero-order chi connectivity index (χ0) is 20.6. The van der Waals surface area contributed by atoms with Crippen molar-refractivity contribution in [2.24, 2.45) is 0 Å². The Hall–Kier alpha value is -2.34. The van der Waals surface area contributed by atoms with Gasteiger partial charge >= 0.3 is 7.60 Å². The molecule has 150 valence electrons. The number of nitro groups is 1. The van der Waals surface area contributed by atoms with Crippen molar-refractivity contribution >= 4 is 13.4 Å². The highest BCUT2D eigenvalue weighted by Crippen LogP contribution is 2.58. The molecule has 0 aliphatic heterocycles. The quantitative estimate of drug-likeness (QED) is 0.235. The third-order valence-electron chi connectivity index (χ3n) is 4.24. The zero-order valence-corrected chi connectivity index (χ0v) is 16.8. The summed E-state index contributed by atoms with van der Waals surface area (Å²) in [5, 5.41) is 11.4.